The molecule has 1 aromatic heterocycles. The number of likely N-dealkylation sites (tertiary alicyclic amines) is 2. The molecule has 3 fully saturated rings. The topological polar surface area (TPSA) is 103 Å². The van der Waals surface area contributed by atoms with Gasteiger partial charge in [0.05, 0.1) is 17.9 Å². The normalized spacial score (nSPS) is 25.5. The van der Waals surface area contributed by atoms with Crippen molar-refractivity contribution in [1.82, 2.24) is 9.80 Å². The number of carbonyl (C=O) groups is 2. The van der Waals surface area contributed by atoms with E-state index >= 15 is 0 Å². The van der Waals surface area contributed by atoms with Gasteiger partial charge in [-0.25, -0.2) is 0 Å². The van der Waals surface area contributed by atoms with Crippen molar-refractivity contribution >= 4 is 30.6 Å². The molecule has 0 spiro atoms. The maximum atomic E-state index is 14.3. The van der Waals surface area contributed by atoms with Gasteiger partial charge in [-0.05, 0) is 91.2 Å². The smallest absolute Gasteiger partial charge is 0.455 e. The number of aliphatic hydroxyl groups is 1. The quantitative estimate of drug-likeness (QED) is 0.159. The molecule has 8 nitrogen and oxygen atoms in total. The summed E-state index contributed by atoms with van der Waals surface area (Å²) in [5.74, 6) is 0.0591. The number of rotatable bonds is 10. The fourth-order valence-corrected chi connectivity index (χ4v) is 8.63. The number of nitrogens with zero attached hydrogens (tertiary/aromatic N) is 2. The molecule has 0 saturated carbocycles. The number of amides is 2. The highest BCUT2D eigenvalue weighted by molar-refractivity contribution is 6.43. The highest BCUT2D eigenvalue weighted by Gasteiger charge is 2.58. The molecule has 2 N–H and O–H groups in total. The van der Waals surface area contributed by atoms with Crippen LogP contribution in [0.15, 0.2) is 88.4 Å². The van der Waals surface area contributed by atoms with E-state index in [0.717, 1.165) is 55.6 Å². The van der Waals surface area contributed by atoms with Crippen LogP contribution in [0, 0.1) is 17.8 Å². The van der Waals surface area contributed by atoms with Gasteiger partial charge in [0.25, 0.3) is 0 Å². The van der Waals surface area contributed by atoms with Gasteiger partial charge in [-0.15, -0.1) is 0 Å². The van der Waals surface area contributed by atoms with Crippen LogP contribution in [-0.2, 0) is 27.4 Å². The van der Waals surface area contributed by atoms with Crippen molar-refractivity contribution in [1.29, 1.82) is 0 Å². The van der Waals surface area contributed by atoms with E-state index in [1.165, 1.54) is 11.1 Å². The molecule has 1 aliphatic carbocycles. The molecule has 3 aromatic rings. The molecule has 7 rings (SSSR count). The monoisotopic (exact) mass is 648 g/mol. The number of fused-ring (bicyclic) bond motifs is 3. The predicted octanol–water partition coefficient (Wildman–Crippen LogP) is 5.96. The van der Waals surface area contributed by atoms with Crippen LogP contribution in [0.4, 0.5) is 0 Å². The average Bonchev–Trinajstić information content (AvgIpc) is 3.68. The van der Waals surface area contributed by atoms with Crippen molar-refractivity contribution in [2.75, 3.05) is 13.1 Å². The van der Waals surface area contributed by atoms with Crippen LogP contribution in [0.3, 0.4) is 0 Å². The lowest BCUT2D eigenvalue weighted by Crippen LogP contribution is -2.48. The molecule has 9 heteroatoms. The van der Waals surface area contributed by atoms with E-state index in [1.54, 1.807) is 11.0 Å². The lowest BCUT2D eigenvalue weighted by molar-refractivity contribution is -0.144. The first kappa shape index (κ1) is 32.8. The molecule has 4 aliphatic rings. The minimum Gasteiger partial charge on any atom is -0.459 e. The van der Waals surface area contributed by atoms with Crippen LogP contribution in [-0.4, -0.2) is 64.1 Å². The van der Waals surface area contributed by atoms with Gasteiger partial charge in [0.1, 0.15) is 18.1 Å². The Morgan fingerprint density at radius 2 is 1.69 bits per heavy atom. The van der Waals surface area contributed by atoms with Crippen LogP contribution in [0.5, 0.6) is 0 Å². The zero-order valence-electron chi connectivity index (χ0n) is 27.7. The molecular weight excluding hydrogens is 603 g/mol. The maximum Gasteiger partial charge on any atom is 0.455 e. The first-order valence-electron chi connectivity index (χ1n) is 17.6. The summed E-state index contributed by atoms with van der Waals surface area (Å²) in [6.07, 6.45) is 6.17. The second kappa shape index (κ2) is 14.4. The van der Waals surface area contributed by atoms with E-state index in [2.05, 4.69) is 48.2 Å². The summed E-state index contributed by atoms with van der Waals surface area (Å²) in [6.45, 7) is 4.54. The summed E-state index contributed by atoms with van der Waals surface area (Å²) in [4.78, 5) is 32.3. The predicted molar refractivity (Wildman–Crippen MR) is 185 cm³/mol. The van der Waals surface area contributed by atoms with Gasteiger partial charge >= 0.3 is 7.12 Å². The number of hydrogen-bond donors (Lipinski definition) is 2. The second-order valence-electron chi connectivity index (χ2n) is 13.7. The van der Waals surface area contributed by atoms with E-state index < -0.39 is 13.0 Å². The van der Waals surface area contributed by atoms with Crippen molar-refractivity contribution < 1.29 is 28.8 Å². The minimum atomic E-state index is -1.000. The SMILES string of the molecule is CCC1=C2[C@@H](CC/C(=C/c3ccc(CO)o3)c3ccccc3)OB(O)C[C@@H]2[C@@H]2C(=O)N(C3CCN(Cc4ccccc4)CC3)C(=O)[C@@H]2C1. The van der Waals surface area contributed by atoms with Gasteiger partial charge in [0, 0.05) is 25.7 Å². The van der Waals surface area contributed by atoms with Crippen molar-refractivity contribution in [3.8, 4) is 0 Å². The number of imide groups is 1. The molecule has 3 aliphatic heterocycles. The first-order valence-corrected chi connectivity index (χ1v) is 17.6. The van der Waals surface area contributed by atoms with Crippen molar-refractivity contribution in [3.05, 3.63) is 107 Å². The van der Waals surface area contributed by atoms with Crippen molar-refractivity contribution in [2.24, 2.45) is 17.8 Å². The van der Waals surface area contributed by atoms with Crippen LogP contribution in [0.1, 0.15) is 68.1 Å². The third kappa shape index (κ3) is 6.61. The number of hydrogen-bond acceptors (Lipinski definition) is 7. The fourth-order valence-electron chi connectivity index (χ4n) is 8.63. The number of allylic oxidation sites excluding steroid dienone is 2. The largest absolute Gasteiger partial charge is 0.459 e. The second-order valence-corrected chi connectivity index (χ2v) is 13.7. The molecule has 2 aromatic carbocycles. The van der Waals surface area contributed by atoms with Crippen LogP contribution in [0.2, 0.25) is 6.32 Å². The average molecular weight is 649 g/mol. The Labute approximate surface area is 283 Å². The van der Waals surface area contributed by atoms with Gasteiger partial charge in [-0.1, -0.05) is 73.2 Å². The number of aliphatic hydroxyl groups excluding tert-OH is 1. The van der Waals surface area contributed by atoms with Gasteiger partial charge in [0.2, 0.25) is 11.8 Å². The summed E-state index contributed by atoms with van der Waals surface area (Å²) in [5.41, 5.74) is 5.71. The number of furan rings is 1. The molecule has 48 heavy (non-hydrogen) atoms. The third-order valence-electron chi connectivity index (χ3n) is 10.9. The van der Waals surface area contributed by atoms with Crippen molar-refractivity contribution in [3.63, 3.8) is 0 Å². The highest BCUT2D eigenvalue weighted by Crippen LogP contribution is 2.52. The Hall–Kier alpha value is -3.76. The first-order chi connectivity index (χ1) is 23.4. The Morgan fingerprint density at radius 3 is 2.38 bits per heavy atom. The van der Waals surface area contributed by atoms with E-state index in [4.69, 9.17) is 9.07 Å². The van der Waals surface area contributed by atoms with E-state index in [1.807, 2.05) is 36.4 Å². The summed E-state index contributed by atoms with van der Waals surface area (Å²) in [6, 6.07) is 24.1. The molecule has 0 bridgehead atoms. The Balaban J connectivity index is 1.09. The van der Waals surface area contributed by atoms with Crippen LogP contribution >= 0.6 is 0 Å². The summed E-state index contributed by atoms with van der Waals surface area (Å²) < 4.78 is 12.1. The van der Waals surface area contributed by atoms with Gasteiger partial charge < -0.3 is 19.2 Å². The van der Waals surface area contributed by atoms with Gasteiger partial charge in [-0.3, -0.25) is 19.4 Å². The molecule has 3 saturated heterocycles. The Morgan fingerprint density at radius 1 is 0.958 bits per heavy atom. The molecular formula is C39H45BN2O6. The third-order valence-corrected chi connectivity index (χ3v) is 10.9. The summed E-state index contributed by atoms with van der Waals surface area (Å²) in [7, 11) is -1.000. The van der Waals surface area contributed by atoms with Crippen molar-refractivity contribution in [2.45, 2.75) is 77.1 Å². The van der Waals surface area contributed by atoms with Gasteiger partial charge in [-0.2, -0.15) is 0 Å². The zero-order chi connectivity index (χ0) is 33.2. The molecule has 2 amide bonds. The summed E-state index contributed by atoms with van der Waals surface area (Å²) in [5, 5.41) is 20.5. The van der Waals surface area contributed by atoms with Gasteiger partial charge in [0.15, 0.2) is 0 Å². The molecule has 4 atom stereocenters. The zero-order valence-corrected chi connectivity index (χ0v) is 27.7. The Kier molecular flexibility index (Phi) is 9.82. The van der Waals surface area contributed by atoms with E-state index in [9.17, 15) is 19.7 Å². The van der Waals surface area contributed by atoms with Crippen LogP contribution < -0.4 is 0 Å². The maximum absolute atomic E-state index is 14.3. The number of benzene rings is 2. The Bertz CT molecular complexity index is 1660. The van der Waals surface area contributed by atoms with E-state index in [-0.39, 0.29) is 42.4 Å². The lowest BCUT2D eigenvalue weighted by Gasteiger charge is -2.43. The number of piperidine rings is 1. The minimum absolute atomic E-state index is 0.0240. The molecule has 250 valence electrons. The molecule has 4 heterocycles. The van der Waals surface area contributed by atoms with E-state index in [0.29, 0.717) is 37.1 Å². The summed E-state index contributed by atoms with van der Waals surface area (Å²) >= 11 is 0. The highest BCUT2D eigenvalue weighted by atomic mass is 16.5. The number of carbonyl (C=O) groups excluding carboxylic acids is 2. The standard InChI is InChI=1S/C39H45BN2O6/c1-2-27-22-33-37(39(45)42(38(33)44)30-17-19-41(20-18-30)24-26-9-5-3-6-10-26)34-23-40(46)48-35(36(27)34)16-13-29(28-11-7-4-8-12-28)21-31-14-15-32(25-43)47-31/h3-12,14-15,21,30,33-35,37,43,46H,2,13,16-20,22-25H2,1H3/b29-21-/t33-,34+,35-,37-/m1/s1. The molecule has 0 unspecified atom stereocenters. The molecule has 0 radical (unpaired) electrons. The van der Waals surface area contributed by atoms with Crippen LogP contribution in [0.25, 0.3) is 11.6 Å². The lowest BCUT2D eigenvalue weighted by atomic mass is 9.58. The fraction of sp³-hybridized carbons (Fsp3) is 0.436.